The summed E-state index contributed by atoms with van der Waals surface area (Å²) in [6.07, 6.45) is -3.68. The van der Waals surface area contributed by atoms with E-state index in [1.165, 1.54) is 11.3 Å². The van der Waals surface area contributed by atoms with Gasteiger partial charge >= 0.3 is 6.18 Å². The number of carbonyl (C=O) groups excluding carboxylic acids is 1. The second kappa shape index (κ2) is 5.70. The van der Waals surface area contributed by atoms with E-state index in [9.17, 15) is 18.0 Å². The van der Waals surface area contributed by atoms with E-state index >= 15 is 0 Å². The second-order valence-corrected chi connectivity index (χ2v) is 5.55. The molecule has 0 atom stereocenters. The molecule has 102 valence electrons. The summed E-state index contributed by atoms with van der Waals surface area (Å²) in [5, 5.41) is 5.14. The van der Waals surface area contributed by atoms with Crippen LogP contribution in [-0.2, 0) is 17.4 Å². The Balaban J connectivity index is 1.87. The van der Waals surface area contributed by atoms with Gasteiger partial charge in [-0.25, -0.2) is 4.98 Å². The zero-order valence-electron chi connectivity index (χ0n) is 9.53. The predicted molar refractivity (Wildman–Crippen MR) is 68.4 cm³/mol. The van der Waals surface area contributed by atoms with Crippen LogP contribution in [-0.4, -0.2) is 10.9 Å². The molecule has 0 bridgehead atoms. The van der Waals surface area contributed by atoms with Crippen LogP contribution < -0.4 is 5.32 Å². The van der Waals surface area contributed by atoms with Crippen molar-refractivity contribution in [3.63, 3.8) is 0 Å². The van der Waals surface area contributed by atoms with Gasteiger partial charge in [-0.15, -0.1) is 22.7 Å². The van der Waals surface area contributed by atoms with Crippen molar-refractivity contribution in [1.82, 2.24) is 4.98 Å². The molecule has 0 spiro atoms. The zero-order chi connectivity index (χ0) is 13.9. The molecular formula is C11H9F3N2OS2. The largest absolute Gasteiger partial charge is 0.434 e. The predicted octanol–water partition coefficient (Wildman–Crippen LogP) is 3.79. The fourth-order valence-electron chi connectivity index (χ4n) is 1.33. The van der Waals surface area contributed by atoms with Gasteiger partial charge in [-0.2, -0.15) is 13.2 Å². The number of thiophene rings is 1. The topological polar surface area (TPSA) is 42.0 Å². The van der Waals surface area contributed by atoms with Crippen LogP contribution in [0.4, 0.5) is 18.3 Å². The maximum Gasteiger partial charge on any atom is 0.434 e. The van der Waals surface area contributed by atoms with Gasteiger partial charge in [0, 0.05) is 16.7 Å². The normalized spacial score (nSPS) is 11.5. The van der Waals surface area contributed by atoms with Crippen molar-refractivity contribution >= 4 is 33.7 Å². The van der Waals surface area contributed by atoms with Gasteiger partial charge in [0.25, 0.3) is 0 Å². The lowest BCUT2D eigenvalue weighted by Gasteiger charge is -2.01. The summed E-state index contributed by atoms with van der Waals surface area (Å²) in [6, 6.07) is 3.79. The molecule has 0 unspecified atom stereocenters. The maximum atomic E-state index is 12.3. The van der Waals surface area contributed by atoms with Crippen molar-refractivity contribution in [1.29, 1.82) is 0 Å². The first-order valence-electron chi connectivity index (χ1n) is 5.30. The summed E-state index contributed by atoms with van der Waals surface area (Å²) in [7, 11) is 0. The van der Waals surface area contributed by atoms with Crippen LogP contribution in [0.25, 0.3) is 0 Å². The lowest BCUT2D eigenvalue weighted by molar-refractivity contribution is -0.140. The van der Waals surface area contributed by atoms with Gasteiger partial charge in [0.15, 0.2) is 10.8 Å². The molecule has 0 aromatic carbocycles. The van der Waals surface area contributed by atoms with Crippen molar-refractivity contribution in [2.45, 2.75) is 19.0 Å². The third kappa shape index (κ3) is 4.03. The molecule has 3 nitrogen and oxygen atoms in total. The van der Waals surface area contributed by atoms with Crippen LogP contribution in [0.2, 0.25) is 0 Å². The Bertz CT molecular complexity index is 549. The monoisotopic (exact) mass is 306 g/mol. The van der Waals surface area contributed by atoms with Crippen LogP contribution in [0.5, 0.6) is 0 Å². The number of nitrogens with one attached hydrogen (secondary N) is 1. The molecule has 2 aromatic heterocycles. The van der Waals surface area contributed by atoms with Crippen molar-refractivity contribution in [2.75, 3.05) is 5.32 Å². The Morgan fingerprint density at radius 1 is 1.37 bits per heavy atom. The number of aryl methyl sites for hydroxylation is 1. The number of amides is 1. The molecule has 2 rings (SSSR count). The van der Waals surface area contributed by atoms with E-state index in [2.05, 4.69) is 10.3 Å². The molecule has 0 saturated carbocycles. The number of rotatable bonds is 4. The number of anilines is 1. The van der Waals surface area contributed by atoms with Crippen LogP contribution >= 0.6 is 22.7 Å². The van der Waals surface area contributed by atoms with E-state index in [4.69, 9.17) is 0 Å². The standard InChI is InChI=1S/C11H9F3N2OS2/c12-11(13,14)8-6-19-10(15-8)16-9(17)4-3-7-2-1-5-18-7/h1-2,5-6H,3-4H2,(H,15,16,17). The Hall–Kier alpha value is -1.41. The number of aromatic nitrogens is 1. The molecule has 0 saturated heterocycles. The highest BCUT2D eigenvalue weighted by Crippen LogP contribution is 2.31. The summed E-state index contributed by atoms with van der Waals surface area (Å²) in [6.45, 7) is 0. The number of nitrogens with zero attached hydrogens (tertiary/aromatic N) is 1. The van der Waals surface area contributed by atoms with Crippen molar-refractivity contribution < 1.29 is 18.0 Å². The van der Waals surface area contributed by atoms with Gasteiger partial charge in [0.2, 0.25) is 5.91 Å². The molecule has 0 aliphatic heterocycles. The SMILES string of the molecule is O=C(CCc1cccs1)Nc1nc(C(F)(F)F)cs1. The maximum absolute atomic E-state index is 12.3. The Morgan fingerprint density at radius 2 is 2.16 bits per heavy atom. The summed E-state index contributed by atoms with van der Waals surface area (Å²) in [5.41, 5.74) is -0.981. The Kier molecular flexibility index (Phi) is 4.20. The molecule has 1 amide bonds. The number of halogens is 3. The molecule has 2 aromatic rings. The lowest BCUT2D eigenvalue weighted by atomic mass is 10.2. The van der Waals surface area contributed by atoms with Gasteiger partial charge in [-0.05, 0) is 17.9 Å². The highest BCUT2D eigenvalue weighted by Gasteiger charge is 2.33. The summed E-state index contributed by atoms with van der Waals surface area (Å²) in [4.78, 5) is 15.9. The van der Waals surface area contributed by atoms with Gasteiger partial charge in [0.05, 0.1) is 0 Å². The quantitative estimate of drug-likeness (QED) is 0.933. The molecular weight excluding hydrogens is 297 g/mol. The summed E-state index contributed by atoms with van der Waals surface area (Å²) < 4.78 is 36.9. The van der Waals surface area contributed by atoms with E-state index in [1.807, 2.05) is 17.5 Å². The van der Waals surface area contributed by atoms with Crippen molar-refractivity contribution in [3.8, 4) is 0 Å². The minimum atomic E-state index is -4.48. The second-order valence-electron chi connectivity index (χ2n) is 3.66. The molecule has 0 aliphatic carbocycles. The molecule has 2 heterocycles. The van der Waals surface area contributed by atoms with E-state index in [0.717, 1.165) is 21.6 Å². The van der Waals surface area contributed by atoms with E-state index in [1.54, 1.807) is 0 Å². The van der Waals surface area contributed by atoms with Crippen molar-refractivity contribution in [3.05, 3.63) is 33.5 Å². The molecule has 8 heteroatoms. The number of alkyl halides is 3. The van der Waals surface area contributed by atoms with E-state index in [-0.39, 0.29) is 17.5 Å². The van der Waals surface area contributed by atoms with Gasteiger partial charge < -0.3 is 5.32 Å². The zero-order valence-corrected chi connectivity index (χ0v) is 11.2. The van der Waals surface area contributed by atoms with E-state index in [0.29, 0.717) is 6.42 Å². The highest BCUT2D eigenvalue weighted by atomic mass is 32.1. The molecule has 0 fully saturated rings. The molecule has 0 aliphatic rings. The number of thiazole rings is 1. The number of hydrogen-bond donors (Lipinski definition) is 1. The first kappa shape index (κ1) is 14.0. The molecule has 0 radical (unpaired) electrons. The van der Waals surface area contributed by atoms with Crippen LogP contribution in [0.15, 0.2) is 22.9 Å². The molecule has 1 N–H and O–H groups in total. The van der Waals surface area contributed by atoms with E-state index < -0.39 is 11.9 Å². The van der Waals surface area contributed by atoms with Gasteiger partial charge in [0.1, 0.15) is 0 Å². The fourth-order valence-corrected chi connectivity index (χ4v) is 2.78. The fraction of sp³-hybridized carbons (Fsp3) is 0.273. The van der Waals surface area contributed by atoms with Crippen molar-refractivity contribution in [2.24, 2.45) is 0 Å². The minimum Gasteiger partial charge on any atom is -0.302 e. The Morgan fingerprint density at radius 3 is 2.74 bits per heavy atom. The third-order valence-corrected chi connectivity index (χ3v) is 3.91. The van der Waals surface area contributed by atoms with Gasteiger partial charge in [-0.3, -0.25) is 4.79 Å². The highest BCUT2D eigenvalue weighted by molar-refractivity contribution is 7.14. The number of hydrogen-bond acceptors (Lipinski definition) is 4. The van der Waals surface area contributed by atoms with Crippen LogP contribution in [0, 0.1) is 0 Å². The first-order chi connectivity index (χ1) is 8.95. The minimum absolute atomic E-state index is 0.0245. The average Bonchev–Trinajstić information content (AvgIpc) is 2.95. The lowest BCUT2D eigenvalue weighted by Crippen LogP contribution is -2.12. The Labute approximate surface area is 115 Å². The molecule has 19 heavy (non-hydrogen) atoms. The summed E-state index contributed by atoms with van der Waals surface area (Å²) >= 11 is 2.30. The average molecular weight is 306 g/mol. The smallest absolute Gasteiger partial charge is 0.302 e. The van der Waals surface area contributed by atoms with Crippen LogP contribution in [0.3, 0.4) is 0 Å². The van der Waals surface area contributed by atoms with Gasteiger partial charge in [-0.1, -0.05) is 6.07 Å². The third-order valence-electron chi connectivity index (χ3n) is 2.22. The number of carbonyl (C=O) groups is 1. The summed E-state index contributed by atoms with van der Waals surface area (Å²) in [5.74, 6) is -0.337. The van der Waals surface area contributed by atoms with Crippen LogP contribution in [0.1, 0.15) is 17.0 Å². The first-order valence-corrected chi connectivity index (χ1v) is 7.06.